The lowest BCUT2D eigenvalue weighted by atomic mass is 10.1. The van der Waals surface area contributed by atoms with Crippen LogP contribution in [-0.2, 0) is 0 Å². The molecule has 4 heteroatoms. The van der Waals surface area contributed by atoms with E-state index in [0.717, 1.165) is 14.9 Å². The van der Waals surface area contributed by atoms with Crippen LogP contribution in [0.2, 0.25) is 0 Å². The van der Waals surface area contributed by atoms with Gasteiger partial charge in [0.1, 0.15) is 5.82 Å². The summed E-state index contributed by atoms with van der Waals surface area (Å²) in [7, 11) is 0. The van der Waals surface area contributed by atoms with Crippen molar-refractivity contribution in [2.75, 3.05) is 0 Å². The van der Waals surface area contributed by atoms with E-state index in [2.05, 4.69) is 15.9 Å². The molecule has 2 N–H and O–H groups in total. The molecule has 0 aliphatic rings. The van der Waals surface area contributed by atoms with Gasteiger partial charge in [0.25, 0.3) is 0 Å². The minimum atomic E-state index is -0.268. The summed E-state index contributed by atoms with van der Waals surface area (Å²) in [5.74, 6) is -0.254. The quantitative estimate of drug-likeness (QED) is 0.895. The summed E-state index contributed by atoms with van der Waals surface area (Å²) in [6.07, 6.45) is 0. The number of nitrogens with two attached hydrogens (primary N) is 1. The van der Waals surface area contributed by atoms with Gasteiger partial charge in [0.15, 0.2) is 0 Å². The zero-order chi connectivity index (χ0) is 10.8. The highest BCUT2D eigenvalue weighted by atomic mass is 79.9. The van der Waals surface area contributed by atoms with E-state index in [-0.39, 0.29) is 11.9 Å². The van der Waals surface area contributed by atoms with Crippen LogP contribution in [-0.4, -0.2) is 0 Å². The summed E-state index contributed by atoms with van der Waals surface area (Å²) in [5.41, 5.74) is 6.83. The zero-order valence-electron chi connectivity index (χ0n) is 7.78. The van der Waals surface area contributed by atoms with Gasteiger partial charge in [-0.05, 0) is 45.1 Å². The van der Waals surface area contributed by atoms with Gasteiger partial charge in [-0.25, -0.2) is 4.39 Å². The molecule has 78 valence electrons. The molecule has 2 aromatic rings. The van der Waals surface area contributed by atoms with Crippen molar-refractivity contribution >= 4 is 27.3 Å². The normalized spacial score (nSPS) is 12.7. The summed E-state index contributed by atoms with van der Waals surface area (Å²) in [6, 6.07) is 8.07. The van der Waals surface area contributed by atoms with Crippen molar-refractivity contribution in [3.05, 3.63) is 56.4 Å². The molecule has 2 rings (SSSR count). The maximum absolute atomic E-state index is 13.0. The van der Waals surface area contributed by atoms with Crippen LogP contribution in [0.15, 0.2) is 40.2 Å². The van der Waals surface area contributed by atoms with E-state index in [1.54, 1.807) is 17.4 Å². The second-order valence-corrected chi connectivity index (χ2v) is 4.97. The van der Waals surface area contributed by atoms with Crippen molar-refractivity contribution in [1.82, 2.24) is 0 Å². The van der Waals surface area contributed by atoms with E-state index in [1.807, 2.05) is 17.5 Å². The van der Waals surface area contributed by atoms with Crippen LogP contribution < -0.4 is 5.73 Å². The van der Waals surface area contributed by atoms with Crippen molar-refractivity contribution in [1.29, 1.82) is 0 Å². The van der Waals surface area contributed by atoms with Gasteiger partial charge in [-0.3, -0.25) is 0 Å². The van der Waals surface area contributed by atoms with E-state index >= 15 is 0 Å². The molecular weight excluding hydrogens is 277 g/mol. The lowest BCUT2D eigenvalue weighted by Gasteiger charge is -2.10. The second kappa shape index (κ2) is 4.43. The molecule has 1 atom stereocenters. The first-order valence-corrected chi connectivity index (χ1v) is 6.09. The predicted octanol–water partition coefficient (Wildman–Crippen LogP) is 3.70. The minimum Gasteiger partial charge on any atom is -0.320 e. The molecule has 15 heavy (non-hydrogen) atoms. The van der Waals surface area contributed by atoms with Gasteiger partial charge < -0.3 is 5.73 Å². The van der Waals surface area contributed by atoms with Crippen LogP contribution in [0, 0.1) is 5.82 Å². The zero-order valence-corrected chi connectivity index (χ0v) is 10.2. The van der Waals surface area contributed by atoms with Gasteiger partial charge in [-0.1, -0.05) is 12.1 Å². The van der Waals surface area contributed by atoms with Crippen LogP contribution in [0.25, 0.3) is 0 Å². The van der Waals surface area contributed by atoms with E-state index in [4.69, 9.17) is 5.73 Å². The van der Waals surface area contributed by atoms with E-state index in [9.17, 15) is 4.39 Å². The Balaban J connectivity index is 2.36. The predicted molar refractivity (Wildman–Crippen MR) is 64.4 cm³/mol. The Kier molecular flexibility index (Phi) is 3.19. The van der Waals surface area contributed by atoms with Crippen LogP contribution in [0.1, 0.15) is 16.5 Å². The SMILES string of the molecule is NC(c1cccc(F)c1)c1sccc1Br. The number of hydrogen-bond acceptors (Lipinski definition) is 2. The summed E-state index contributed by atoms with van der Waals surface area (Å²) >= 11 is 4.98. The van der Waals surface area contributed by atoms with Crippen molar-refractivity contribution in [2.45, 2.75) is 6.04 Å². The molecule has 0 saturated carbocycles. The lowest BCUT2D eigenvalue weighted by molar-refractivity contribution is 0.624. The van der Waals surface area contributed by atoms with E-state index < -0.39 is 0 Å². The topological polar surface area (TPSA) is 26.0 Å². The molecule has 0 aliphatic carbocycles. The Hall–Kier alpha value is -0.710. The monoisotopic (exact) mass is 285 g/mol. The third-order valence-corrected chi connectivity index (χ3v) is 4.09. The number of thiophene rings is 1. The highest BCUT2D eigenvalue weighted by Crippen LogP contribution is 2.31. The van der Waals surface area contributed by atoms with Gasteiger partial charge >= 0.3 is 0 Å². The average Bonchev–Trinajstić information content (AvgIpc) is 2.63. The first kappa shape index (κ1) is 10.8. The summed E-state index contributed by atoms with van der Waals surface area (Å²) < 4.78 is 14.0. The van der Waals surface area contributed by atoms with Crippen LogP contribution in [0.5, 0.6) is 0 Å². The summed E-state index contributed by atoms with van der Waals surface area (Å²) in [4.78, 5) is 1.01. The van der Waals surface area contributed by atoms with Crippen LogP contribution in [0.4, 0.5) is 4.39 Å². The summed E-state index contributed by atoms with van der Waals surface area (Å²) in [6.45, 7) is 0. The Bertz CT molecular complexity index is 469. The van der Waals surface area contributed by atoms with Gasteiger partial charge in [-0.2, -0.15) is 0 Å². The number of halogens is 2. The Labute approximate surface area is 99.9 Å². The van der Waals surface area contributed by atoms with E-state index in [1.165, 1.54) is 12.1 Å². The average molecular weight is 286 g/mol. The third kappa shape index (κ3) is 2.27. The van der Waals surface area contributed by atoms with Gasteiger partial charge in [0.05, 0.1) is 6.04 Å². The number of benzene rings is 1. The maximum atomic E-state index is 13.0. The molecule has 1 unspecified atom stereocenters. The van der Waals surface area contributed by atoms with Crippen molar-refractivity contribution in [3.63, 3.8) is 0 Å². The fourth-order valence-corrected chi connectivity index (χ4v) is 3.03. The first-order chi connectivity index (χ1) is 7.18. The Morgan fingerprint density at radius 3 is 2.73 bits per heavy atom. The molecule has 1 heterocycles. The first-order valence-electron chi connectivity index (χ1n) is 4.42. The van der Waals surface area contributed by atoms with Gasteiger partial charge in [0.2, 0.25) is 0 Å². The van der Waals surface area contributed by atoms with Crippen molar-refractivity contribution < 1.29 is 4.39 Å². The molecule has 0 saturated heterocycles. The highest BCUT2D eigenvalue weighted by Gasteiger charge is 2.13. The highest BCUT2D eigenvalue weighted by molar-refractivity contribution is 9.10. The molecule has 0 bridgehead atoms. The molecule has 1 nitrogen and oxygen atoms in total. The van der Waals surface area contributed by atoms with Crippen LogP contribution in [0.3, 0.4) is 0 Å². The molecule has 0 amide bonds. The van der Waals surface area contributed by atoms with E-state index in [0.29, 0.717) is 0 Å². The Morgan fingerprint density at radius 2 is 2.13 bits per heavy atom. The second-order valence-electron chi connectivity index (χ2n) is 3.17. The van der Waals surface area contributed by atoms with Gasteiger partial charge in [-0.15, -0.1) is 11.3 Å². The van der Waals surface area contributed by atoms with Crippen molar-refractivity contribution in [2.24, 2.45) is 5.73 Å². The Morgan fingerprint density at radius 1 is 1.33 bits per heavy atom. The molecule has 0 aliphatic heterocycles. The largest absolute Gasteiger partial charge is 0.320 e. The van der Waals surface area contributed by atoms with Gasteiger partial charge in [0, 0.05) is 9.35 Å². The molecular formula is C11H9BrFNS. The number of hydrogen-bond donors (Lipinski definition) is 1. The molecule has 0 radical (unpaired) electrons. The lowest BCUT2D eigenvalue weighted by Crippen LogP contribution is -2.10. The fourth-order valence-electron chi connectivity index (χ4n) is 1.38. The standard InChI is InChI=1S/C11H9BrFNS/c12-9-4-5-15-11(9)10(14)7-2-1-3-8(13)6-7/h1-6,10H,14H2. The minimum absolute atomic E-state index is 0.254. The van der Waals surface area contributed by atoms with Crippen molar-refractivity contribution in [3.8, 4) is 0 Å². The molecule has 0 fully saturated rings. The van der Waals surface area contributed by atoms with Crippen LogP contribution >= 0.6 is 27.3 Å². The molecule has 1 aromatic heterocycles. The maximum Gasteiger partial charge on any atom is 0.123 e. The third-order valence-electron chi connectivity index (χ3n) is 2.14. The molecule has 0 spiro atoms. The fraction of sp³-hybridized carbons (Fsp3) is 0.0909. The molecule has 1 aromatic carbocycles. The smallest absolute Gasteiger partial charge is 0.123 e. The summed E-state index contributed by atoms with van der Waals surface area (Å²) in [5, 5.41) is 1.96. The number of rotatable bonds is 2.